The first-order valence-electron chi connectivity index (χ1n) is 8.79. The third-order valence-electron chi connectivity index (χ3n) is 3.49. The van der Waals surface area contributed by atoms with E-state index in [0.29, 0.717) is 23.9 Å². The molecule has 1 aromatic carbocycles. The summed E-state index contributed by atoms with van der Waals surface area (Å²) in [7, 11) is 3.47. The zero-order valence-electron chi connectivity index (χ0n) is 16.6. The number of likely N-dealkylation sites (N-methyl/N-ethyl adjacent to an activating group) is 1. The molecule has 0 heterocycles. The summed E-state index contributed by atoms with van der Waals surface area (Å²) in [5, 5.41) is 6.84. The fraction of sp³-hybridized carbons (Fsp3) is 0.579. The second kappa shape index (κ2) is 10.3. The van der Waals surface area contributed by atoms with Crippen LogP contribution in [0.5, 0.6) is 5.75 Å². The minimum Gasteiger partial charge on any atom is -0.497 e. The van der Waals surface area contributed by atoms with Crippen molar-refractivity contribution in [3.05, 3.63) is 28.8 Å². The Bertz CT molecular complexity index is 626. The van der Waals surface area contributed by atoms with Crippen molar-refractivity contribution >= 4 is 23.5 Å². The first-order chi connectivity index (χ1) is 12.2. The maximum Gasteiger partial charge on any atom is 0.240 e. The first-order valence-corrected chi connectivity index (χ1v) is 9.17. The van der Waals surface area contributed by atoms with Crippen molar-refractivity contribution in [2.75, 3.05) is 33.8 Å². The molecule has 0 aliphatic carbocycles. The van der Waals surface area contributed by atoms with Crippen molar-refractivity contribution in [3.8, 4) is 5.75 Å². The van der Waals surface area contributed by atoms with Crippen LogP contribution in [0.25, 0.3) is 0 Å². The zero-order chi connectivity index (χ0) is 19.7. The number of rotatable bonds is 7. The van der Waals surface area contributed by atoms with Crippen LogP contribution in [-0.2, 0) is 11.2 Å². The molecular weight excluding hydrogens is 352 g/mol. The molecule has 0 aromatic heterocycles. The molecule has 0 fully saturated rings. The van der Waals surface area contributed by atoms with Gasteiger partial charge in [0.15, 0.2) is 5.96 Å². The number of benzene rings is 1. The minimum absolute atomic E-state index is 0.0381. The largest absolute Gasteiger partial charge is 0.497 e. The third kappa shape index (κ3) is 7.95. The van der Waals surface area contributed by atoms with Gasteiger partial charge in [-0.2, -0.15) is 0 Å². The number of aliphatic imine (C=N–C) groups is 1. The van der Waals surface area contributed by atoms with Gasteiger partial charge in [-0.05, 0) is 51.8 Å². The number of hydrogen-bond donors (Lipinski definition) is 2. The Morgan fingerprint density at radius 3 is 2.58 bits per heavy atom. The molecule has 7 heteroatoms. The highest BCUT2D eigenvalue weighted by molar-refractivity contribution is 6.31. The summed E-state index contributed by atoms with van der Waals surface area (Å²) in [5.41, 5.74) is 0.763. The maximum absolute atomic E-state index is 12.1. The molecule has 1 amide bonds. The van der Waals surface area contributed by atoms with Gasteiger partial charge in [-0.1, -0.05) is 17.7 Å². The predicted octanol–water partition coefficient (Wildman–Crippen LogP) is 2.70. The van der Waals surface area contributed by atoms with Gasteiger partial charge in [0.05, 0.1) is 13.7 Å². The maximum atomic E-state index is 12.1. The third-order valence-corrected chi connectivity index (χ3v) is 3.85. The van der Waals surface area contributed by atoms with E-state index >= 15 is 0 Å². The number of nitrogens with one attached hydrogen (secondary N) is 2. The SMILES string of the molecule is CCNC(=NCCc1ccc(OC)cc1Cl)N(C)CC(=O)NC(C)(C)C. The quantitative estimate of drug-likeness (QED) is 0.562. The second-order valence-corrected chi connectivity index (χ2v) is 7.50. The standard InChI is InChI=1S/C19H31ClN4O2/c1-7-21-18(24(5)13-17(25)23-19(2,3)4)22-11-10-14-8-9-15(26-6)12-16(14)20/h8-9,12H,7,10-11,13H2,1-6H3,(H,21,22)(H,23,25). The lowest BCUT2D eigenvalue weighted by molar-refractivity contribution is -0.122. The van der Waals surface area contributed by atoms with Gasteiger partial charge in [0.25, 0.3) is 0 Å². The minimum atomic E-state index is -0.251. The van der Waals surface area contributed by atoms with E-state index in [4.69, 9.17) is 16.3 Å². The van der Waals surface area contributed by atoms with Crippen LogP contribution < -0.4 is 15.4 Å². The van der Waals surface area contributed by atoms with Gasteiger partial charge in [-0.3, -0.25) is 9.79 Å². The van der Waals surface area contributed by atoms with Crippen LogP contribution in [0.1, 0.15) is 33.3 Å². The molecule has 0 radical (unpaired) electrons. The number of ether oxygens (including phenoxy) is 1. The van der Waals surface area contributed by atoms with Crippen molar-refractivity contribution in [3.63, 3.8) is 0 Å². The monoisotopic (exact) mass is 382 g/mol. The van der Waals surface area contributed by atoms with Gasteiger partial charge in [-0.15, -0.1) is 0 Å². The molecule has 0 bridgehead atoms. The van der Waals surface area contributed by atoms with Crippen molar-refractivity contribution in [2.45, 2.75) is 39.7 Å². The molecule has 0 atom stereocenters. The molecule has 0 saturated carbocycles. The number of hydrogen-bond acceptors (Lipinski definition) is 3. The fourth-order valence-electron chi connectivity index (χ4n) is 2.36. The number of carbonyl (C=O) groups excluding carboxylic acids is 1. The van der Waals surface area contributed by atoms with Gasteiger partial charge in [-0.25, -0.2) is 0 Å². The Kier molecular flexibility index (Phi) is 8.72. The van der Waals surface area contributed by atoms with Crippen LogP contribution in [0.4, 0.5) is 0 Å². The fourth-order valence-corrected chi connectivity index (χ4v) is 2.62. The number of nitrogens with zero attached hydrogens (tertiary/aromatic N) is 2. The lowest BCUT2D eigenvalue weighted by Gasteiger charge is -2.25. The van der Waals surface area contributed by atoms with Crippen LogP contribution in [0.2, 0.25) is 5.02 Å². The highest BCUT2D eigenvalue weighted by atomic mass is 35.5. The van der Waals surface area contributed by atoms with E-state index in [9.17, 15) is 4.79 Å². The molecular formula is C19H31ClN4O2. The molecule has 2 N–H and O–H groups in total. The number of halogens is 1. The molecule has 26 heavy (non-hydrogen) atoms. The van der Waals surface area contributed by atoms with Crippen LogP contribution in [0.3, 0.4) is 0 Å². The van der Waals surface area contributed by atoms with Gasteiger partial charge in [0.2, 0.25) is 5.91 Å². The van der Waals surface area contributed by atoms with Crippen molar-refractivity contribution in [1.29, 1.82) is 0 Å². The smallest absolute Gasteiger partial charge is 0.240 e. The van der Waals surface area contributed by atoms with E-state index in [0.717, 1.165) is 17.9 Å². The van der Waals surface area contributed by atoms with E-state index in [-0.39, 0.29) is 18.0 Å². The van der Waals surface area contributed by atoms with Crippen molar-refractivity contribution in [2.24, 2.45) is 4.99 Å². The lowest BCUT2D eigenvalue weighted by atomic mass is 10.1. The van der Waals surface area contributed by atoms with E-state index in [1.807, 2.05) is 51.8 Å². The number of carbonyl (C=O) groups is 1. The summed E-state index contributed by atoms with van der Waals surface area (Å²) < 4.78 is 5.16. The van der Waals surface area contributed by atoms with Crippen LogP contribution >= 0.6 is 11.6 Å². The van der Waals surface area contributed by atoms with Gasteiger partial charge < -0.3 is 20.3 Å². The van der Waals surface area contributed by atoms with Crippen molar-refractivity contribution < 1.29 is 9.53 Å². The molecule has 1 rings (SSSR count). The molecule has 6 nitrogen and oxygen atoms in total. The number of methoxy groups -OCH3 is 1. The predicted molar refractivity (Wildman–Crippen MR) is 108 cm³/mol. The molecule has 0 spiro atoms. The van der Waals surface area contributed by atoms with E-state index in [1.54, 1.807) is 13.2 Å². The highest BCUT2D eigenvalue weighted by Gasteiger charge is 2.16. The average molecular weight is 383 g/mol. The molecule has 146 valence electrons. The van der Waals surface area contributed by atoms with Gasteiger partial charge in [0, 0.05) is 30.7 Å². The molecule has 0 aliphatic rings. The normalized spacial score (nSPS) is 11.9. The van der Waals surface area contributed by atoms with E-state index in [2.05, 4.69) is 15.6 Å². The summed E-state index contributed by atoms with van der Waals surface area (Å²) in [6.45, 7) is 9.42. The number of guanidine groups is 1. The zero-order valence-corrected chi connectivity index (χ0v) is 17.4. The summed E-state index contributed by atoms with van der Waals surface area (Å²) in [4.78, 5) is 18.5. The second-order valence-electron chi connectivity index (χ2n) is 7.10. The Balaban J connectivity index is 2.69. The average Bonchev–Trinajstić information content (AvgIpc) is 2.53. The van der Waals surface area contributed by atoms with Crippen LogP contribution in [-0.4, -0.2) is 56.1 Å². The molecule has 0 saturated heterocycles. The topological polar surface area (TPSA) is 66.0 Å². The van der Waals surface area contributed by atoms with Crippen LogP contribution in [0, 0.1) is 0 Å². The summed E-state index contributed by atoms with van der Waals surface area (Å²) >= 11 is 6.27. The van der Waals surface area contributed by atoms with Gasteiger partial charge in [0.1, 0.15) is 5.75 Å². The first kappa shape index (κ1) is 22.1. The highest BCUT2D eigenvalue weighted by Crippen LogP contribution is 2.22. The Hall–Kier alpha value is -1.95. The van der Waals surface area contributed by atoms with Gasteiger partial charge >= 0.3 is 0 Å². The molecule has 0 aliphatic heterocycles. The molecule has 1 aromatic rings. The summed E-state index contributed by atoms with van der Waals surface area (Å²) in [6, 6.07) is 5.64. The van der Waals surface area contributed by atoms with Crippen LogP contribution in [0.15, 0.2) is 23.2 Å². The Morgan fingerprint density at radius 1 is 1.35 bits per heavy atom. The van der Waals surface area contributed by atoms with E-state index in [1.165, 1.54) is 0 Å². The Morgan fingerprint density at radius 2 is 2.04 bits per heavy atom. The van der Waals surface area contributed by atoms with Crippen molar-refractivity contribution in [1.82, 2.24) is 15.5 Å². The lowest BCUT2D eigenvalue weighted by Crippen LogP contribution is -2.48. The number of amides is 1. The Labute approximate surface area is 162 Å². The van der Waals surface area contributed by atoms with E-state index < -0.39 is 0 Å². The summed E-state index contributed by atoms with van der Waals surface area (Å²) in [6.07, 6.45) is 0.708. The molecule has 0 unspecified atom stereocenters. The summed E-state index contributed by atoms with van der Waals surface area (Å²) in [5.74, 6) is 1.39.